The number of nitrogens with one attached hydrogen (secondary N) is 2. The van der Waals surface area contributed by atoms with Crippen LogP contribution in [0, 0.1) is 0 Å². The summed E-state index contributed by atoms with van der Waals surface area (Å²) in [7, 11) is 0. The number of carbonyl (C=O) groups excluding carboxylic acids is 1. The fourth-order valence-corrected chi connectivity index (χ4v) is 0.899. The van der Waals surface area contributed by atoms with Crippen LogP contribution in [0.3, 0.4) is 0 Å². The summed E-state index contributed by atoms with van der Waals surface area (Å²) >= 11 is 0. The fraction of sp³-hybridized carbons (Fsp3) is 0.375. The van der Waals surface area contributed by atoms with E-state index in [-0.39, 0.29) is 5.91 Å². The van der Waals surface area contributed by atoms with Gasteiger partial charge in [0.15, 0.2) is 0 Å². The van der Waals surface area contributed by atoms with Crippen molar-refractivity contribution in [3.05, 3.63) is 24.2 Å². The van der Waals surface area contributed by atoms with Gasteiger partial charge >= 0.3 is 0 Å². The summed E-state index contributed by atoms with van der Waals surface area (Å²) < 4.78 is 5.08. The second-order valence-electron chi connectivity index (χ2n) is 2.57. The first kappa shape index (κ1) is 9.76. The van der Waals surface area contributed by atoms with E-state index < -0.39 is 0 Å². The Kier molecular flexibility index (Phi) is 4.01. The lowest BCUT2D eigenvalue weighted by Crippen LogP contribution is -2.32. The molecule has 0 fully saturated rings. The van der Waals surface area contributed by atoms with Crippen LogP contribution in [0.25, 0.3) is 0 Å². The van der Waals surface area contributed by atoms with E-state index >= 15 is 0 Å². The molecule has 1 rings (SSSR count). The van der Waals surface area contributed by atoms with E-state index in [1.54, 1.807) is 6.26 Å². The number of hydrogen-bond donors (Lipinski definition) is 3. The summed E-state index contributed by atoms with van der Waals surface area (Å²) in [5, 5.41) is 3.04. The molecule has 0 atom stereocenters. The molecular formula is C8H13N3O2. The number of nitrogens with two attached hydrogens (primary N) is 1. The van der Waals surface area contributed by atoms with Gasteiger partial charge in [0.2, 0.25) is 5.91 Å². The molecule has 1 aromatic heterocycles. The zero-order valence-electron chi connectivity index (χ0n) is 7.25. The second-order valence-corrected chi connectivity index (χ2v) is 2.57. The lowest BCUT2D eigenvalue weighted by molar-refractivity contribution is -0.121. The number of carbonyl (C=O) groups is 1. The minimum atomic E-state index is -0.174. The molecule has 0 unspecified atom stereocenters. The number of amides is 1. The average Bonchev–Trinajstić information content (AvgIpc) is 2.64. The topological polar surface area (TPSA) is 80.3 Å². The summed E-state index contributed by atoms with van der Waals surface area (Å²) in [6.45, 7) is 1.22. The summed E-state index contributed by atoms with van der Waals surface area (Å²) in [6.07, 6.45) is 1.99. The Morgan fingerprint density at radius 2 is 2.46 bits per heavy atom. The van der Waals surface area contributed by atoms with Gasteiger partial charge in [0, 0.05) is 13.0 Å². The monoisotopic (exact) mass is 183 g/mol. The molecule has 5 nitrogen and oxygen atoms in total. The number of hydrazine groups is 1. The van der Waals surface area contributed by atoms with Crippen LogP contribution >= 0.6 is 0 Å². The Bertz CT molecular complexity index is 246. The quantitative estimate of drug-likeness (QED) is 0.254. The van der Waals surface area contributed by atoms with Crippen molar-refractivity contribution in [2.45, 2.75) is 13.0 Å². The highest BCUT2D eigenvalue weighted by atomic mass is 16.3. The Morgan fingerprint density at radius 3 is 3.08 bits per heavy atom. The second kappa shape index (κ2) is 5.34. The van der Waals surface area contributed by atoms with Crippen LogP contribution in [0.2, 0.25) is 0 Å². The molecule has 1 amide bonds. The van der Waals surface area contributed by atoms with Gasteiger partial charge in [0.25, 0.3) is 0 Å². The number of hydrogen-bond acceptors (Lipinski definition) is 4. The molecule has 4 N–H and O–H groups in total. The summed E-state index contributed by atoms with van der Waals surface area (Å²) in [4.78, 5) is 10.7. The zero-order valence-corrected chi connectivity index (χ0v) is 7.25. The molecular weight excluding hydrogens is 170 g/mol. The molecule has 1 heterocycles. The highest BCUT2D eigenvalue weighted by molar-refractivity contribution is 5.75. The van der Waals surface area contributed by atoms with Crippen LogP contribution < -0.4 is 16.6 Å². The Labute approximate surface area is 76.3 Å². The number of rotatable bonds is 5. The van der Waals surface area contributed by atoms with Crippen molar-refractivity contribution >= 4 is 5.91 Å². The number of furan rings is 1. The lowest BCUT2D eigenvalue weighted by atomic mass is 10.4. The zero-order chi connectivity index (χ0) is 9.52. The molecule has 0 aliphatic carbocycles. The molecule has 72 valence electrons. The maximum absolute atomic E-state index is 10.7. The molecule has 0 bridgehead atoms. The van der Waals surface area contributed by atoms with Gasteiger partial charge in [-0.25, -0.2) is 5.84 Å². The van der Waals surface area contributed by atoms with E-state index in [0.29, 0.717) is 19.5 Å². The van der Waals surface area contributed by atoms with Gasteiger partial charge < -0.3 is 9.73 Å². The normalized spacial score (nSPS) is 9.92. The van der Waals surface area contributed by atoms with E-state index in [9.17, 15) is 4.79 Å². The molecule has 0 spiro atoms. The van der Waals surface area contributed by atoms with Crippen LogP contribution in [-0.2, 0) is 11.3 Å². The molecule has 1 aromatic rings. The molecule has 0 radical (unpaired) electrons. The van der Waals surface area contributed by atoms with Crippen molar-refractivity contribution in [1.29, 1.82) is 0 Å². The van der Waals surface area contributed by atoms with Crippen molar-refractivity contribution < 1.29 is 9.21 Å². The van der Waals surface area contributed by atoms with Gasteiger partial charge in [0.05, 0.1) is 12.8 Å². The van der Waals surface area contributed by atoms with Gasteiger partial charge in [-0.15, -0.1) is 0 Å². The molecule has 5 heteroatoms. The van der Waals surface area contributed by atoms with Crippen LogP contribution in [-0.4, -0.2) is 12.5 Å². The van der Waals surface area contributed by atoms with Crippen LogP contribution in [0.5, 0.6) is 0 Å². The van der Waals surface area contributed by atoms with E-state index in [2.05, 4.69) is 10.7 Å². The van der Waals surface area contributed by atoms with Crippen molar-refractivity contribution in [1.82, 2.24) is 10.7 Å². The van der Waals surface area contributed by atoms with Gasteiger partial charge in [0.1, 0.15) is 5.76 Å². The van der Waals surface area contributed by atoms with Gasteiger partial charge in [-0.05, 0) is 12.1 Å². The Balaban J connectivity index is 2.05. The smallest absolute Gasteiger partial charge is 0.235 e. The Hall–Kier alpha value is -1.33. The summed E-state index contributed by atoms with van der Waals surface area (Å²) in [5.41, 5.74) is 2.06. The third kappa shape index (κ3) is 3.73. The predicted molar refractivity (Wildman–Crippen MR) is 47.4 cm³/mol. The summed E-state index contributed by atoms with van der Waals surface area (Å²) in [6, 6.07) is 3.69. The molecule has 0 saturated heterocycles. The highest BCUT2D eigenvalue weighted by Crippen LogP contribution is 1.97. The third-order valence-electron chi connectivity index (χ3n) is 1.57. The van der Waals surface area contributed by atoms with E-state index in [1.165, 1.54) is 0 Å². The van der Waals surface area contributed by atoms with Crippen molar-refractivity contribution in [3.63, 3.8) is 0 Å². The van der Waals surface area contributed by atoms with Gasteiger partial charge in [-0.1, -0.05) is 0 Å². The van der Waals surface area contributed by atoms with E-state index in [1.807, 2.05) is 12.1 Å². The largest absolute Gasteiger partial charge is 0.468 e. The van der Waals surface area contributed by atoms with Crippen molar-refractivity contribution in [2.24, 2.45) is 5.84 Å². The van der Waals surface area contributed by atoms with E-state index in [4.69, 9.17) is 10.3 Å². The SMILES string of the molecule is NNC(=O)CCNCc1ccco1. The van der Waals surface area contributed by atoms with Gasteiger partial charge in [-0.3, -0.25) is 10.2 Å². The summed E-state index contributed by atoms with van der Waals surface area (Å²) in [5.74, 6) is 5.58. The molecule has 13 heavy (non-hydrogen) atoms. The minimum absolute atomic E-state index is 0.174. The first-order chi connectivity index (χ1) is 6.33. The predicted octanol–water partition coefficient (Wildman–Crippen LogP) is -0.251. The van der Waals surface area contributed by atoms with Crippen LogP contribution in [0.15, 0.2) is 22.8 Å². The average molecular weight is 183 g/mol. The molecule has 0 saturated carbocycles. The first-order valence-corrected chi connectivity index (χ1v) is 4.05. The van der Waals surface area contributed by atoms with Crippen molar-refractivity contribution in [2.75, 3.05) is 6.54 Å². The molecule has 0 aliphatic rings. The fourth-order valence-electron chi connectivity index (χ4n) is 0.899. The third-order valence-corrected chi connectivity index (χ3v) is 1.57. The Morgan fingerprint density at radius 1 is 1.62 bits per heavy atom. The van der Waals surface area contributed by atoms with Crippen molar-refractivity contribution in [3.8, 4) is 0 Å². The standard InChI is InChI=1S/C8H13N3O2/c9-11-8(12)3-4-10-6-7-2-1-5-13-7/h1-2,5,10H,3-4,6,9H2,(H,11,12). The molecule has 0 aliphatic heterocycles. The molecule has 0 aromatic carbocycles. The van der Waals surface area contributed by atoms with E-state index in [0.717, 1.165) is 5.76 Å². The van der Waals surface area contributed by atoms with Crippen LogP contribution in [0.1, 0.15) is 12.2 Å². The highest BCUT2D eigenvalue weighted by Gasteiger charge is 1.98. The maximum Gasteiger partial charge on any atom is 0.235 e. The lowest BCUT2D eigenvalue weighted by Gasteiger charge is -2.01. The maximum atomic E-state index is 10.7. The minimum Gasteiger partial charge on any atom is -0.468 e. The first-order valence-electron chi connectivity index (χ1n) is 4.05. The van der Waals surface area contributed by atoms with Gasteiger partial charge in [-0.2, -0.15) is 0 Å². The van der Waals surface area contributed by atoms with Crippen LogP contribution in [0.4, 0.5) is 0 Å².